The Hall–Kier alpha value is -5.39. The largest absolute Gasteiger partial charge is 0.502 e. The summed E-state index contributed by atoms with van der Waals surface area (Å²) in [5.41, 5.74) is 5.81. The summed E-state index contributed by atoms with van der Waals surface area (Å²) in [6.45, 7) is -0.0854. The van der Waals surface area contributed by atoms with Gasteiger partial charge in [0, 0.05) is 23.8 Å². The lowest BCUT2D eigenvalue weighted by molar-refractivity contribution is -0.385. The Bertz CT molecular complexity index is 1910. The predicted molar refractivity (Wildman–Crippen MR) is 159 cm³/mol. The molecule has 0 atom stereocenters. The van der Waals surface area contributed by atoms with Crippen LogP contribution < -0.4 is 14.9 Å². The van der Waals surface area contributed by atoms with Gasteiger partial charge in [-0.25, -0.2) is 10.4 Å². The van der Waals surface area contributed by atoms with E-state index in [0.29, 0.717) is 34.7 Å². The fraction of sp³-hybridized carbons (Fsp3) is 0.258. The van der Waals surface area contributed by atoms with E-state index in [1.54, 1.807) is 14.2 Å². The normalized spacial score (nSPS) is 13.0. The number of aromatic hydroxyl groups is 1. The molecule has 1 aliphatic rings. The highest BCUT2D eigenvalue weighted by Gasteiger charge is 2.27. The zero-order chi connectivity index (χ0) is 30.1. The average Bonchev–Trinajstić information content (AvgIpc) is 3.55. The highest BCUT2D eigenvalue weighted by Crippen LogP contribution is 2.41. The number of carbonyl (C=O) groups is 1. The summed E-state index contributed by atoms with van der Waals surface area (Å²) in [4.78, 5) is 28.9. The number of para-hydroxylation sites is 2. The van der Waals surface area contributed by atoms with E-state index in [2.05, 4.69) is 10.5 Å². The van der Waals surface area contributed by atoms with Crippen molar-refractivity contribution in [1.29, 1.82) is 0 Å². The van der Waals surface area contributed by atoms with Crippen molar-refractivity contribution >= 4 is 39.8 Å². The van der Waals surface area contributed by atoms with Crippen molar-refractivity contribution in [2.45, 2.75) is 38.6 Å². The average molecular weight is 584 g/mol. The molecule has 0 fully saturated rings. The van der Waals surface area contributed by atoms with Crippen molar-refractivity contribution in [2.75, 3.05) is 14.2 Å². The van der Waals surface area contributed by atoms with Gasteiger partial charge in [-0.3, -0.25) is 14.9 Å². The number of methoxy groups -OCH3 is 2. The number of aromatic nitrogens is 2. The van der Waals surface area contributed by atoms with Gasteiger partial charge in [0.1, 0.15) is 23.7 Å². The standard InChI is InChI=1S/C31H29N5O7/c1-41-25-12-11-18(13-26(25)42-2)14-28-33-21-8-4-5-9-22(21)35(28)17-29(37)34-32-16-20-30-19-7-3-6-10-24(19)43-27(30)15-23(31(20)38)36(39)40/h4-5,8-9,11-13,15-16,38H,3,6-7,10,14,17H2,1-2H3,(H,34,37)/b32-16+. The number of fused-ring (bicyclic) bond motifs is 4. The molecule has 0 aliphatic heterocycles. The van der Waals surface area contributed by atoms with Crippen LogP contribution in [0.3, 0.4) is 0 Å². The van der Waals surface area contributed by atoms with Gasteiger partial charge < -0.3 is 23.6 Å². The van der Waals surface area contributed by atoms with Crippen molar-refractivity contribution in [3.8, 4) is 17.2 Å². The number of nitro benzene ring substituents is 1. The van der Waals surface area contributed by atoms with Crippen LogP contribution in [0, 0.1) is 10.1 Å². The quantitative estimate of drug-likeness (QED) is 0.139. The molecule has 3 aromatic carbocycles. The van der Waals surface area contributed by atoms with E-state index < -0.39 is 22.3 Å². The summed E-state index contributed by atoms with van der Waals surface area (Å²) in [5, 5.41) is 27.1. The molecule has 12 heteroatoms. The molecular formula is C31H29N5O7. The molecular weight excluding hydrogens is 554 g/mol. The summed E-state index contributed by atoms with van der Waals surface area (Å²) in [6, 6.07) is 14.4. The number of phenols is 1. The van der Waals surface area contributed by atoms with Crippen LogP contribution in [0.4, 0.5) is 5.69 Å². The fourth-order valence-corrected chi connectivity index (χ4v) is 5.66. The van der Waals surface area contributed by atoms with E-state index >= 15 is 0 Å². The van der Waals surface area contributed by atoms with Gasteiger partial charge in [0.25, 0.3) is 5.91 Å². The monoisotopic (exact) mass is 583 g/mol. The second-order valence-electron chi connectivity index (χ2n) is 10.3. The number of carbonyl (C=O) groups excluding carboxylic acids is 1. The van der Waals surface area contributed by atoms with E-state index in [1.807, 2.05) is 47.0 Å². The van der Waals surface area contributed by atoms with Gasteiger partial charge in [0.05, 0.1) is 48.0 Å². The fourth-order valence-electron chi connectivity index (χ4n) is 5.66. The van der Waals surface area contributed by atoms with Crippen LogP contribution in [0.5, 0.6) is 17.2 Å². The maximum absolute atomic E-state index is 13.1. The third kappa shape index (κ3) is 5.23. The Morgan fingerprint density at radius 2 is 1.95 bits per heavy atom. The number of hydrazone groups is 1. The van der Waals surface area contributed by atoms with Gasteiger partial charge in [-0.15, -0.1) is 0 Å². The second kappa shape index (κ2) is 11.5. The zero-order valence-electron chi connectivity index (χ0n) is 23.6. The number of nitrogens with zero attached hydrogens (tertiary/aromatic N) is 4. The third-order valence-corrected chi connectivity index (χ3v) is 7.66. The van der Waals surface area contributed by atoms with Crippen molar-refractivity contribution in [3.05, 3.63) is 86.9 Å². The molecule has 0 bridgehead atoms. The van der Waals surface area contributed by atoms with E-state index in [-0.39, 0.29) is 12.1 Å². The number of rotatable bonds is 9. The van der Waals surface area contributed by atoms with E-state index in [0.717, 1.165) is 53.6 Å². The number of ether oxygens (including phenoxy) is 2. The molecule has 12 nitrogen and oxygen atoms in total. The minimum atomic E-state index is -0.670. The summed E-state index contributed by atoms with van der Waals surface area (Å²) >= 11 is 0. The minimum Gasteiger partial charge on any atom is -0.502 e. The Balaban J connectivity index is 1.28. The lowest BCUT2D eigenvalue weighted by Gasteiger charge is -2.11. The summed E-state index contributed by atoms with van der Waals surface area (Å²) in [6.07, 6.45) is 5.01. The lowest BCUT2D eigenvalue weighted by Crippen LogP contribution is -2.24. The molecule has 0 radical (unpaired) electrons. The van der Waals surface area contributed by atoms with Crippen LogP contribution in [-0.2, 0) is 30.6 Å². The van der Waals surface area contributed by atoms with Crippen LogP contribution in [0.25, 0.3) is 22.0 Å². The number of nitrogens with one attached hydrogen (secondary N) is 1. The maximum atomic E-state index is 13.1. The number of nitro groups is 1. The predicted octanol–water partition coefficient (Wildman–Crippen LogP) is 5.03. The molecule has 220 valence electrons. The summed E-state index contributed by atoms with van der Waals surface area (Å²) < 4.78 is 18.5. The SMILES string of the molecule is COc1ccc(Cc2nc3ccccc3n2CC(=O)N/N=C/c2c(O)c([N+](=O)[O-])cc3oc4c(c23)CCCC4)cc1OC. The number of amides is 1. The number of hydrogen-bond acceptors (Lipinski definition) is 9. The zero-order valence-corrected chi connectivity index (χ0v) is 23.6. The van der Waals surface area contributed by atoms with Crippen LogP contribution in [-0.4, -0.2) is 45.9 Å². The summed E-state index contributed by atoms with van der Waals surface area (Å²) in [7, 11) is 3.14. The first kappa shape index (κ1) is 27.8. The second-order valence-corrected chi connectivity index (χ2v) is 10.3. The van der Waals surface area contributed by atoms with Crippen molar-refractivity contribution in [3.63, 3.8) is 0 Å². The van der Waals surface area contributed by atoms with Gasteiger partial charge in [0.2, 0.25) is 5.75 Å². The van der Waals surface area contributed by atoms with E-state index in [9.17, 15) is 20.0 Å². The molecule has 2 N–H and O–H groups in total. The van der Waals surface area contributed by atoms with Gasteiger partial charge in [-0.2, -0.15) is 5.10 Å². The number of imidazole rings is 1. The molecule has 0 saturated carbocycles. The Morgan fingerprint density at radius 3 is 2.74 bits per heavy atom. The highest BCUT2D eigenvalue weighted by molar-refractivity contribution is 6.05. The molecule has 0 unspecified atom stereocenters. The number of benzene rings is 3. The molecule has 6 rings (SSSR count). The first-order valence-corrected chi connectivity index (χ1v) is 13.8. The number of phenolic OH excluding ortho intramolecular Hbond substituents is 1. The number of hydrogen-bond donors (Lipinski definition) is 2. The molecule has 5 aromatic rings. The molecule has 0 saturated heterocycles. The topological polar surface area (TPSA) is 154 Å². The molecule has 2 heterocycles. The molecule has 43 heavy (non-hydrogen) atoms. The van der Waals surface area contributed by atoms with Crippen LogP contribution in [0.15, 0.2) is 58.0 Å². The molecule has 0 spiro atoms. The molecule has 1 aliphatic carbocycles. The van der Waals surface area contributed by atoms with Crippen molar-refractivity contribution in [1.82, 2.24) is 15.0 Å². The van der Waals surface area contributed by atoms with Crippen LogP contribution in [0.2, 0.25) is 0 Å². The van der Waals surface area contributed by atoms with Crippen molar-refractivity contribution in [2.24, 2.45) is 5.10 Å². The molecule has 2 aromatic heterocycles. The lowest BCUT2D eigenvalue weighted by atomic mass is 9.93. The third-order valence-electron chi connectivity index (χ3n) is 7.66. The summed E-state index contributed by atoms with van der Waals surface area (Å²) in [5.74, 6) is 1.65. The van der Waals surface area contributed by atoms with Crippen LogP contribution in [0.1, 0.15) is 41.1 Å². The number of furan rings is 1. The van der Waals surface area contributed by atoms with Gasteiger partial charge in [-0.1, -0.05) is 18.2 Å². The van der Waals surface area contributed by atoms with E-state index in [1.165, 1.54) is 12.3 Å². The van der Waals surface area contributed by atoms with E-state index in [4.69, 9.17) is 18.9 Å². The van der Waals surface area contributed by atoms with Crippen LogP contribution >= 0.6 is 0 Å². The number of aryl methyl sites for hydroxylation is 2. The highest BCUT2D eigenvalue weighted by atomic mass is 16.6. The first-order valence-electron chi connectivity index (χ1n) is 13.8. The molecule has 1 amide bonds. The maximum Gasteiger partial charge on any atom is 0.315 e. The smallest absolute Gasteiger partial charge is 0.315 e. The van der Waals surface area contributed by atoms with Gasteiger partial charge in [0.15, 0.2) is 11.5 Å². The minimum absolute atomic E-state index is 0.0854. The van der Waals surface area contributed by atoms with Gasteiger partial charge >= 0.3 is 5.69 Å². The Morgan fingerprint density at radius 1 is 1.16 bits per heavy atom. The Kier molecular flexibility index (Phi) is 7.41. The Labute approximate surface area is 245 Å². The first-order chi connectivity index (χ1) is 20.9. The van der Waals surface area contributed by atoms with Crippen molar-refractivity contribution < 1.29 is 28.7 Å². The van der Waals surface area contributed by atoms with Gasteiger partial charge in [-0.05, 0) is 49.1 Å².